The van der Waals surface area contributed by atoms with E-state index in [0.717, 1.165) is 85.6 Å². The van der Waals surface area contributed by atoms with Crippen LogP contribution in [0.4, 0.5) is 27.3 Å². The number of methoxy groups -OCH3 is 1. The van der Waals surface area contributed by atoms with Crippen LogP contribution in [0.25, 0.3) is 10.9 Å². The number of benzene rings is 3. The highest BCUT2D eigenvalue weighted by atomic mass is 19.1. The van der Waals surface area contributed by atoms with Gasteiger partial charge in [-0.1, -0.05) is 6.58 Å². The Kier molecular flexibility index (Phi) is 12.9. The quantitative estimate of drug-likeness (QED) is 0.0592. The predicted molar refractivity (Wildman–Crippen MR) is 262 cm³/mol. The molecule has 0 radical (unpaired) electrons. The molecular weight excluding hydrogens is 894 g/mol. The number of nitrogens with one attached hydrogen (secondary N) is 4. The van der Waals surface area contributed by atoms with Gasteiger partial charge in [-0.3, -0.25) is 33.9 Å². The number of halogens is 1. The van der Waals surface area contributed by atoms with Crippen LogP contribution in [0.15, 0.2) is 97.5 Å². The lowest BCUT2D eigenvalue weighted by atomic mass is 9.82. The molecule has 17 heteroatoms. The summed E-state index contributed by atoms with van der Waals surface area (Å²) in [5, 5.41) is 12.4. The highest BCUT2D eigenvalue weighted by Gasteiger charge is 2.56. The summed E-state index contributed by atoms with van der Waals surface area (Å²) in [6.45, 7) is 9.00. The summed E-state index contributed by atoms with van der Waals surface area (Å²) >= 11 is 0. The minimum absolute atomic E-state index is 0.231. The smallest absolute Gasteiger partial charge is 0.266 e. The molecule has 3 saturated heterocycles. The molecule has 6 heterocycles. The third kappa shape index (κ3) is 9.49. The van der Waals surface area contributed by atoms with Gasteiger partial charge in [-0.25, -0.2) is 9.37 Å². The largest absolute Gasteiger partial charge is 0.495 e. The first-order valence-corrected chi connectivity index (χ1v) is 24.2. The summed E-state index contributed by atoms with van der Waals surface area (Å²) in [6, 6.07) is 19.0. The molecule has 2 aromatic heterocycles. The standard InChI is InChI=1S/C53H56FN9O7/c1-32-3-12-42(48(64)58-32)63-49(65)39-13-21-56-47(46(39)50(63)66)57-23-28-61-24-15-33(16-25-61)29-34-17-26-62(27-18-34)43-31-41-40(30-45(43)69-2)44(14-22-55-41)70-38-10-8-37(9-11-38)60-52(68)53(19-20-53)51(67)59-36-6-4-35(54)5-7-36/h4-11,13-14,21-22,30-31,33-34,42H,1,3,12,15-20,23-29H2,2H3,(H,56,57)(H,58,64)(H,59,67)(H,60,68). The molecule has 3 aromatic carbocycles. The lowest BCUT2D eigenvalue weighted by Gasteiger charge is -2.38. The van der Waals surface area contributed by atoms with Crippen molar-refractivity contribution in [3.63, 3.8) is 0 Å². The Morgan fingerprint density at radius 3 is 2.13 bits per heavy atom. The normalized spacial score (nSPS) is 19.4. The molecule has 1 unspecified atom stereocenters. The van der Waals surface area contributed by atoms with Crippen LogP contribution in [0.3, 0.4) is 0 Å². The molecule has 0 spiro atoms. The van der Waals surface area contributed by atoms with E-state index in [9.17, 15) is 28.4 Å². The van der Waals surface area contributed by atoms with E-state index in [-0.39, 0.29) is 11.1 Å². The average Bonchev–Trinajstić information content (AvgIpc) is 4.15. The fourth-order valence-electron chi connectivity index (χ4n) is 10.4. The molecule has 16 nitrogen and oxygen atoms in total. The van der Waals surface area contributed by atoms with Crippen LogP contribution in [-0.4, -0.2) is 102 Å². The number of pyridine rings is 2. The van der Waals surface area contributed by atoms with Gasteiger partial charge in [0.15, 0.2) is 0 Å². The van der Waals surface area contributed by atoms with E-state index in [1.54, 1.807) is 43.6 Å². The number of hydrogen-bond donors (Lipinski definition) is 4. The van der Waals surface area contributed by atoms with Crippen LogP contribution in [0.1, 0.15) is 78.5 Å². The topological polar surface area (TPSA) is 187 Å². The third-order valence-electron chi connectivity index (χ3n) is 14.6. The molecule has 4 aliphatic heterocycles. The molecule has 10 rings (SSSR count). The SMILES string of the molecule is C=C1CCC(N2C(=O)c3ccnc(NCCN4CCC(CC5CCN(c6cc7nccc(Oc8ccc(NC(=O)C9(C(=O)Nc%10ccc(F)cc%10)CC9)cc8)c7cc6OC)CC5)CC4)c3C2=O)C(=O)N1. The highest BCUT2D eigenvalue weighted by Crippen LogP contribution is 2.48. The molecule has 1 atom stereocenters. The number of likely N-dealkylation sites (tertiary alicyclic amines) is 1. The molecule has 5 aliphatic rings. The summed E-state index contributed by atoms with van der Waals surface area (Å²) in [5.41, 5.74) is 2.66. The van der Waals surface area contributed by atoms with Crippen molar-refractivity contribution in [1.29, 1.82) is 0 Å². The number of carbonyl (C=O) groups is 5. The first kappa shape index (κ1) is 46.3. The maximum absolute atomic E-state index is 13.5. The number of hydrogen-bond acceptors (Lipinski definition) is 12. The third-order valence-corrected chi connectivity index (χ3v) is 14.6. The fourth-order valence-corrected chi connectivity index (χ4v) is 10.4. The number of fused-ring (bicyclic) bond motifs is 2. The molecule has 4 N–H and O–H groups in total. The summed E-state index contributed by atoms with van der Waals surface area (Å²) in [5.74, 6) is 1.03. The lowest BCUT2D eigenvalue weighted by molar-refractivity contribution is -0.131. The fraction of sp³-hybridized carbons (Fsp3) is 0.377. The van der Waals surface area contributed by atoms with Gasteiger partial charge in [-0.05, 0) is 156 Å². The second-order valence-corrected chi connectivity index (χ2v) is 19.1. The van der Waals surface area contributed by atoms with Crippen molar-refractivity contribution < 1.29 is 37.8 Å². The van der Waals surface area contributed by atoms with Gasteiger partial charge in [0.1, 0.15) is 40.3 Å². The Morgan fingerprint density at radius 1 is 0.814 bits per heavy atom. The molecule has 5 amide bonds. The minimum Gasteiger partial charge on any atom is -0.495 e. The van der Waals surface area contributed by atoms with Gasteiger partial charge in [0.25, 0.3) is 11.8 Å². The Hall–Kier alpha value is -7.40. The zero-order valence-electron chi connectivity index (χ0n) is 39.1. The van der Waals surface area contributed by atoms with E-state index in [1.165, 1.54) is 36.9 Å². The van der Waals surface area contributed by atoms with Crippen LogP contribution >= 0.6 is 0 Å². The van der Waals surface area contributed by atoms with Crippen LogP contribution in [0.5, 0.6) is 17.2 Å². The van der Waals surface area contributed by atoms with Gasteiger partial charge in [0, 0.05) is 61.0 Å². The van der Waals surface area contributed by atoms with E-state index in [1.807, 2.05) is 12.1 Å². The zero-order valence-corrected chi connectivity index (χ0v) is 39.1. The predicted octanol–water partition coefficient (Wildman–Crippen LogP) is 7.75. The van der Waals surface area contributed by atoms with Crippen molar-refractivity contribution in [2.45, 2.75) is 63.8 Å². The summed E-state index contributed by atoms with van der Waals surface area (Å²) < 4.78 is 25.6. The Labute approximate surface area is 405 Å². The van der Waals surface area contributed by atoms with Crippen LogP contribution in [-0.2, 0) is 14.4 Å². The number of amides is 5. The molecule has 70 heavy (non-hydrogen) atoms. The van der Waals surface area contributed by atoms with Gasteiger partial charge in [-0.15, -0.1) is 0 Å². The number of carbonyl (C=O) groups excluding carboxylic acids is 5. The molecule has 5 aromatic rings. The van der Waals surface area contributed by atoms with Gasteiger partial charge >= 0.3 is 0 Å². The molecule has 1 saturated carbocycles. The summed E-state index contributed by atoms with van der Waals surface area (Å²) in [4.78, 5) is 80.7. The highest BCUT2D eigenvalue weighted by molar-refractivity contribution is 6.25. The Morgan fingerprint density at radius 2 is 1.47 bits per heavy atom. The molecule has 4 fully saturated rings. The van der Waals surface area contributed by atoms with Gasteiger partial charge in [-0.2, -0.15) is 0 Å². The first-order valence-electron chi connectivity index (χ1n) is 24.2. The lowest BCUT2D eigenvalue weighted by Crippen LogP contribution is -2.51. The Bertz CT molecular complexity index is 2860. The summed E-state index contributed by atoms with van der Waals surface area (Å²) in [7, 11) is 1.68. The maximum Gasteiger partial charge on any atom is 0.266 e. The van der Waals surface area contributed by atoms with Crippen molar-refractivity contribution in [3.05, 3.63) is 114 Å². The van der Waals surface area contributed by atoms with E-state index in [2.05, 4.69) is 48.7 Å². The van der Waals surface area contributed by atoms with Crippen molar-refractivity contribution >= 4 is 63.3 Å². The van der Waals surface area contributed by atoms with Crippen LogP contribution in [0.2, 0.25) is 0 Å². The van der Waals surface area contributed by atoms with Gasteiger partial charge in [0.2, 0.25) is 17.7 Å². The van der Waals surface area contributed by atoms with Crippen molar-refractivity contribution in [2.24, 2.45) is 17.3 Å². The van der Waals surface area contributed by atoms with Crippen LogP contribution < -0.4 is 35.6 Å². The number of allylic oxidation sites excluding steroid dienone is 1. The monoisotopic (exact) mass is 949 g/mol. The number of aromatic nitrogens is 2. The van der Waals surface area contributed by atoms with E-state index in [0.29, 0.717) is 78.5 Å². The number of ether oxygens (including phenoxy) is 2. The van der Waals surface area contributed by atoms with Gasteiger partial charge in [0.05, 0.1) is 29.4 Å². The number of nitrogens with zero attached hydrogens (tertiary/aromatic N) is 5. The second-order valence-electron chi connectivity index (χ2n) is 19.1. The van der Waals surface area contributed by atoms with E-state index < -0.39 is 46.8 Å². The van der Waals surface area contributed by atoms with E-state index in [4.69, 9.17) is 14.5 Å². The molecule has 362 valence electrons. The second kappa shape index (κ2) is 19.5. The number of piperidine rings is 3. The first-order chi connectivity index (χ1) is 34.0. The van der Waals surface area contributed by atoms with Crippen molar-refractivity contribution in [1.82, 2.24) is 25.1 Å². The maximum atomic E-state index is 13.5. The van der Waals surface area contributed by atoms with Crippen LogP contribution in [0, 0.1) is 23.1 Å². The number of rotatable bonds is 15. The minimum atomic E-state index is -1.17. The van der Waals surface area contributed by atoms with Crippen molar-refractivity contribution in [2.75, 3.05) is 67.2 Å². The summed E-state index contributed by atoms with van der Waals surface area (Å²) in [6.07, 6.45) is 10.6. The Balaban J connectivity index is 0.681. The number of imide groups is 1. The van der Waals surface area contributed by atoms with Crippen molar-refractivity contribution in [3.8, 4) is 17.2 Å². The average molecular weight is 950 g/mol. The van der Waals surface area contributed by atoms with E-state index >= 15 is 0 Å². The molecular formula is C53H56FN9O7. The number of anilines is 4. The zero-order chi connectivity index (χ0) is 48.5. The molecule has 0 bridgehead atoms. The molecule has 1 aliphatic carbocycles. The van der Waals surface area contributed by atoms with Gasteiger partial charge < -0.3 is 40.5 Å².